The summed E-state index contributed by atoms with van der Waals surface area (Å²) in [7, 11) is 1.05. The minimum atomic E-state index is -4.27. The van der Waals surface area contributed by atoms with Crippen LogP contribution in [0.2, 0.25) is 0 Å². The van der Waals surface area contributed by atoms with Gasteiger partial charge in [-0.2, -0.15) is 5.26 Å². The number of likely N-dealkylation sites (tertiary alicyclic amines) is 1. The number of nitrogens with one attached hydrogen (secondary N) is 1. The molecular formula is C16H20N6O11. The van der Waals surface area contributed by atoms with Crippen molar-refractivity contribution in [2.75, 3.05) is 11.9 Å². The van der Waals surface area contributed by atoms with E-state index >= 15 is 0 Å². The number of likely N-dealkylation sites (N-methyl/N-ethyl adjacent to an activating group) is 1. The molecule has 1 amide bonds. The molecule has 17 nitrogen and oxygen atoms in total. The Bertz CT molecular complexity index is 1150. The quantitative estimate of drug-likeness (QED) is 0.147. The Morgan fingerprint density at radius 3 is 2.33 bits per heavy atom. The van der Waals surface area contributed by atoms with E-state index in [2.05, 4.69) is 15.0 Å². The lowest BCUT2D eigenvalue weighted by atomic mass is 9.80. The molecule has 17 heteroatoms. The molecule has 11 N–H and O–H groups in total. The monoisotopic (exact) mass is 472 g/mol. The fourth-order valence-electron chi connectivity index (χ4n) is 3.86. The maximum Gasteiger partial charge on any atom is 0.336 e. The predicted molar refractivity (Wildman–Crippen MR) is 99.7 cm³/mol. The van der Waals surface area contributed by atoms with Gasteiger partial charge < -0.3 is 60.9 Å². The van der Waals surface area contributed by atoms with Crippen LogP contribution in [-0.4, -0.2) is 113 Å². The Kier molecular flexibility index (Phi) is 5.21. The van der Waals surface area contributed by atoms with Gasteiger partial charge in [-0.3, -0.25) is 4.79 Å². The average molecular weight is 472 g/mol. The second kappa shape index (κ2) is 7.08. The highest BCUT2D eigenvalue weighted by Gasteiger charge is 2.74. The summed E-state index contributed by atoms with van der Waals surface area (Å²) < 4.78 is 0. The lowest BCUT2D eigenvalue weighted by Gasteiger charge is -2.59. The van der Waals surface area contributed by atoms with Gasteiger partial charge in [0, 0.05) is 13.0 Å². The van der Waals surface area contributed by atoms with Crippen LogP contribution in [0.1, 0.15) is 6.92 Å². The SMILES string of the molecule is CC1C(N(C)c2ncnc3[nH]c(O)c(O)c23)C(O)(O)N(C(=O)C(O)(O)C#N)C(O)(O)C1(O)O. The molecule has 2 unspecified atom stereocenters. The summed E-state index contributed by atoms with van der Waals surface area (Å²) >= 11 is 0. The van der Waals surface area contributed by atoms with E-state index in [1.54, 1.807) is 0 Å². The maximum absolute atomic E-state index is 12.5. The molecular weight excluding hydrogens is 452 g/mol. The zero-order valence-corrected chi connectivity index (χ0v) is 16.8. The molecule has 0 saturated carbocycles. The number of anilines is 1. The Balaban J connectivity index is 2.26. The molecule has 0 aliphatic carbocycles. The Morgan fingerprint density at radius 1 is 1.21 bits per heavy atom. The molecule has 0 radical (unpaired) electrons. The molecule has 180 valence electrons. The number of nitrogens with zero attached hydrogens (tertiary/aromatic N) is 5. The van der Waals surface area contributed by atoms with Gasteiger partial charge in [-0.25, -0.2) is 14.9 Å². The highest BCUT2D eigenvalue weighted by molar-refractivity contribution is 5.95. The first kappa shape index (κ1) is 24.3. The van der Waals surface area contributed by atoms with Gasteiger partial charge in [0.05, 0.1) is 0 Å². The van der Waals surface area contributed by atoms with Crippen LogP contribution >= 0.6 is 0 Å². The zero-order valence-electron chi connectivity index (χ0n) is 16.8. The number of rotatable bonds is 3. The van der Waals surface area contributed by atoms with Gasteiger partial charge in [0.2, 0.25) is 11.7 Å². The van der Waals surface area contributed by atoms with Crippen molar-refractivity contribution in [1.82, 2.24) is 19.9 Å². The maximum atomic E-state index is 12.5. The highest BCUT2D eigenvalue weighted by Crippen LogP contribution is 2.47. The van der Waals surface area contributed by atoms with Crippen molar-refractivity contribution in [2.45, 2.75) is 36.4 Å². The summed E-state index contributed by atoms with van der Waals surface area (Å²) in [6, 6.07) is -1.50. The van der Waals surface area contributed by atoms with E-state index in [0.29, 0.717) is 6.07 Å². The van der Waals surface area contributed by atoms with Gasteiger partial charge in [0.15, 0.2) is 5.75 Å². The molecule has 0 bridgehead atoms. The summed E-state index contributed by atoms with van der Waals surface area (Å²) in [5.41, 5.74) is -0.146. The number of fused-ring (bicyclic) bond motifs is 1. The first-order valence-corrected chi connectivity index (χ1v) is 8.97. The molecule has 33 heavy (non-hydrogen) atoms. The number of carbonyl (C=O) groups excluding carboxylic acids is 1. The van der Waals surface area contributed by atoms with Crippen LogP contribution in [0.25, 0.3) is 11.0 Å². The molecule has 1 saturated heterocycles. The number of carbonyl (C=O) groups is 1. The molecule has 0 aromatic carbocycles. The number of aromatic hydroxyl groups is 2. The summed E-state index contributed by atoms with van der Waals surface area (Å²) in [6.07, 6.45) is 0.909. The summed E-state index contributed by atoms with van der Waals surface area (Å²) in [6.45, 7) is 0.896. The van der Waals surface area contributed by atoms with Crippen LogP contribution in [0.15, 0.2) is 6.33 Å². The van der Waals surface area contributed by atoms with Crippen LogP contribution in [0.4, 0.5) is 5.82 Å². The topological polar surface area (TPSA) is 291 Å². The van der Waals surface area contributed by atoms with Crippen molar-refractivity contribution >= 4 is 22.8 Å². The highest BCUT2D eigenvalue weighted by atomic mass is 16.6. The lowest BCUT2D eigenvalue weighted by molar-refractivity contribution is -0.497. The third-order valence-electron chi connectivity index (χ3n) is 5.57. The van der Waals surface area contributed by atoms with Crippen molar-refractivity contribution in [1.29, 1.82) is 5.26 Å². The van der Waals surface area contributed by atoms with Gasteiger partial charge >= 0.3 is 17.6 Å². The van der Waals surface area contributed by atoms with Gasteiger partial charge in [-0.1, -0.05) is 6.92 Å². The normalized spacial score (nSPS) is 23.8. The number of H-pyrrole nitrogens is 1. The van der Waals surface area contributed by atoms with E-state index in [1.165, 1.54) is 0 Å². The van der Waals surface area contributed by atoms with Crippen molar-refractivity contribution in [2.24, 2.45) is 5.92 Å². The van der Waals surface area contributed by atoms with E-state index in [-0.39, 0.29) is 16.9 Å². The predicted octanol–water partition coefficient (Wildman–Crippen LogP) is -5.19. The van der Waals surface area contributed by atoms with E-state index in [1.807, 2.05) is 0 Å². The molecule has 3 heterocycles. The molecule has 2 aromatic heterocycles. The first-order chi connectivity index (χ1) is 14.9. The molecule has 1 aliphatic rings. The van der Waals surface area contributed by atoms with E-state index in [4.69, 9.17) is 5.26 Å². The minimum absolute atomic E-state index is 0.146. The number of piperidine rings is 1. The number of amides is 1. The Labute approximate surface area is 182 Å². The van der Waals surface area contributed by atoms with E-state index in [9.17, 15) is 55.9 Å². The van der Waals surface area contributed by atoms with Crippen LogP contribution in [-0.2, 0) is 4.79 Å². The fraction of sp³-hybridized carbons (Fsp3) is 0.500. The smallest absolute Gasteiger partial charge is 0.336 e. The van der Waals surface area contributed by atoms with Gasteiger partial charge in [-0.05, 0) is 0 Å². The second-order valence-electron chi connectivity index (χ2n) is 7.56. The number of hydrogen-bond acceptors (Lipinski definition) is 15. The zero-order chi connectivity index (χ0) is 25.3. The van der Waals surface area contributed by atoms with Crippen molar-refractivity contribution < 1.29 is 55.9 Å². The van der Waals surface area contributed by atoms with Crippen LogP contribution < -0.4 is 4.90 Å². The van der Waals surface area contributed by atoms with E-state index in [0.717, 1.165) is 25.2 Å². The number of nitriles is 1. The lowest BCUT2D eigenvalue weighted by Crippen LogP contribution is -2.86. The Morgan fingerprint density at radius 2 is 1.79 bits per heavy atom. The van der Waals surface area contributed by atoms with Gasteiger partial charge in [-0.15, -0.1) is 0 Å². The molecule has 2 aromatic rings. The molecule has 1 fully saturated rings. The van der Waals surface area contributed by atoms with Crippen molar-refractivity contribution in [3.05, 3.63) is 6.33 Å². The average Bonchev–Trinajstić information content (AvgIpc) is 3.00. The number of aromatic amines is 1. The van der Waals surface area contributed by atoms with Gasteiger partial charge in [0.1, 0.15) is 35.3 Å². The second-order valence-corrected chi connectivity index (χ2v) is 7.56. The van der Waals surface area contributed by atoms with Crippen LogP contribution in [0.5, 0.6) is 11.6 Å². The van der Waals surface area contributed by atoms with Gasteiger partial charge in [0.25, 0.3) is 5.91 Å². The van der Waals surface area contributed by atoms with Crippen molar-refractivity contribution in [3.63, 3.8) is 0 Å². The molecule has 0 spiro atoms. The third-order valence-corrected chi connectivity index (χ3v) is 5.57. The summed E-state index contributed by atoms with van der Waals surface area (Å²) in [5.74, 6) is -22.3. The van der Waals surface area contributed by atoms with Crippen LogP contribution in [0.3, 0.4) is 0 Å². The van der Waals surface area contributed by atoms with E-state index < -0.39 is 57.8 Å². The molecule has 3 rings (SSSR count). The number of aliphatic hydroxyl groups is 8. The minimum Gasteiger partial charge on any atom is -0.503 e. The Hall–Kier alpha value is -3.34. The summed E-state index contributed by atoms with van der Waals surface area (Å²) in [5, 5.41) is 111. The largest absolute Gasteiger partial charge is 0.503 e. The third kappa shape index (κ3) is 3.13. The van der Waals surface area contributed by atoms with Crippen LogP contribution in [0, 0.1) is 17.2 Å². The number of aromatic nitrogens is 3. The first-order valence-electron chi connectivity index (χ1n) is 8.97. The fourth-order valence-corrected chi connectivity index (χ4v) is 3.86. The molecule has 2 atom stereocenters. The molecule has 1 aliphatic heterocycles. The van der Waals surface area contributed by atoms with Crippen molar-refractivity contribution in [3.8, 4) is 17.7 Å². The number of hydrogen-bond donors (Lipinski definition) is 11. The standard InChI is InChI=1S/C16H20N6O11/c1-5-8(21(2)10-6-7(23)11(24)20-9(6)18-4-19-10)15(30,31)22(12(25)13(26,27)3-17)16(32,33)14(5,28)29/h4-5,8,23-24,26-33H,1-2H3,(H,18,19,20). The summed E-state index contributed by atoms with van der Waals surface area (Å²) in [4.78, 5) is 22.2.